The van der Waals surface area contributed by atoms with Gasteiger partial charge in [-0.1, -0.05) is 17.7 Å². The van der Waals surface area contributed by atoms with Gasteiger partial charge in [0.1, 0.15) is 11.3 Å². The van der Waals surface area contributed by atoms with Crippen molar-refractivity contribution in [1.82, 2.24) is 0 Å². The van der Waals surface area contributed by atoms with Crippen LogP contribution in [0.4, 0.5) is 4.39 Å². The van der Waals surface area contributed by atoms with Gasteiger partial charge in [-0.25, -0.2) is 4.39 Å². The van der Waals surface area contributed by atoms with Crippen LogP contribution in [0.15, 0.2) is 17.1 Å². The molecule has 5 heteroatoms. The Labute approximate surface area is 95.0 Å². The van der Waals surface area contributed by atoms with E-state index in [2.05, 4.69) is 4.99 Å². The molecule has 0 aromatic heterocycles. The van der Waals surface area contributed by atoms with Gasteiger partial charge in [-0.2, -0.15) is 0 Å². The highest BCUT2D eigenvalue weighted by Crippen LogP contribution is 2.14. The Hall–Kier alpha value is -0.930. The highest BCUT2D eigenvalue weighted by Gasteiger charge is 2.16. The van der Waals surface area contributed by atoms with Crippen LogP contribution in [-0.4, -0.2) is 17.2 Å². The summed E-state index contributed by atoms with van der Waals surface area (Å²) in [4.78, 5) is 14.5. The zero-order valence-corrected chi connectivity index (χ0v) is 8.97. The van der Waals surface area contributed by atoms with Gasteiger partial charge in [0.05, 0.1) is 16.3 Å². The molecule has 0 aliphatic carbocycles. The van der Waals surface area contributed by atoms with Crippen molar-refractivity contribution in [2.24, 2.45) is 4.99 Å². The van der Waals surface area contributed by atoms with E-state index in [9.17, 15) is 9.18 Å². The van der Waals surface area contributed by atoms with Gasteiger partial charge in [0, 0.05) is 6.07 Å². The summed E-state index contributed by atoms with van der Waals surface area (Å²) in [6.45, 7) is 0. The van der Waals surface area contributed by atoms with Gasteiger partial charge in [-0.3, -0.25) is 9.79 Å². The number of hydrogen-bond acceptors (Lipinski definition) is 2. The molecule has 0 bridgehead atoms. The van der Waals surface area contributed by atoms with E-state index < -0.39 is 16.7 Å². The second kappa shape index (κ2) is 3.91. The standard InChI is InChI=1S/C10H6Cl2FNO/c11-7-2-5-1-6(4-15)8(13)3-9(5)14-10(7)12/h1-4,7,10H. The molecule has 2 rings (SSSR count). The Morgan fingerprint density at radius 1 is 1.40 bits per heavy atom. The molecule has 0 saturated heterocycles. The number of carbonyl (C=O) groups excluding carboxylic acids is 1. The summed E-state index contributed by atoms with van der Waals surface area (Å²) in [5, 5.41) is 0.620. The molecule has 1 aromatic carbocycles. The van der Waals surface area contributed by atoms with Gasteiger partial charge < -0.3 is 0 Å². The van der Waals surface area contributed by atoms with E-state index in [1.54, 1.807) is 6.08 Å². The molecule has 2 nitrogen and oxygen atoms in total. The van der Waals surface area contributed by atoms with Crippen LogP contribution in [0.3, 0.4) is 0 Å². The highest BCUT2D eigenvalue weighted by atomic mass is 35.5. The lowest BCUT2D eigenvalue weighted by Gasteiger charge is -2.12. The lowest BCUT2D eigenvalue weighted by Crippen LogP contribution is -2.35. The molecular weight excluding hydrogens is 240 g/mol. The predicted octanol–water partition coefficient (Wildman–Crippen LogP) is 1.22. The van der Waals surface area contributed by atoms with Crippen LogP contribution in [0.1, 0.15) is 10.4 Å². The van der Waals surface area contributed by atoms with Gasteiger partial charge in [-0.15, -0.1) is 11.6 Å². The van der Waals surface area contributed by atoms with Crippen LogP contribution < -0.4 is 10.6 Å². The number of aldehydes is 1. The second-order valence-corrected chi connectivity index (χ2v) is 4.11. The monoisotopic (exact) mass is 245 g/mol. The van der Waals surface area contributed by atoms with Crippen molar-refractivity contribution in [1.29, 1.82) is 0 Å². The zero-order valence-electron chi connectivity index (χ0n) is 7.45. The fraction of sp³-hybridized carbons (Fsp3) is 0.200. The topological polar surface area (TPSA) is 29.4 Å². The quantitative estimate of drug-likeness (QED) is 0.416. The van der Waals surface area contributed by atoms with Crippen molar-refractivity contribution < 1.29 is 9.18 Å². The summed E-state index contributed by atoms with van der Waals surface area (Å²) in [7, 11) is 0. The molecule has 2 atom stereocenters. The minimum absolute atomic E-state index is 0.00270. The molecule has 1 aliphatic rings. The molecule has 15 heavy (non-hydrogen) atoms. The number of fused-ring (bicyclic) bond motifs is 1. The molecule has 1 aliphatic heterocycles. The first kappa shape index (κ1) is 10.6. The summed E-state index contributed by atoms with van der Waals surface area (Å²) < 4.78 is 13.2. The van der Waals surface area contributed by atoms with Crippen LogP contribution in [0.25, 0.3) is 6.08 Å². The molecule has 1 aromatic rings. The summed E-state index contributed by atoms with van der Waals surface area (Å²) in [5.74, 6) is -0.599. The molecule has 2 unspecified atom stereocenters. The van der Waals surface area contributed by atoms with Gasteiger partial charge in [-0.05, 0) is 11.3 Å². The summed E-state index contributed by atoms with van der Waals surface area (Å²) in [5.41, 5.74) is -0.599. The fourth-order valence-corrected chi connectivity index (χ4v) is 1.76. The Morgan fingerprint density at radius 2 is 2.13 bits per heavy atom. The van der Waals surface area contributed by atoms with Crippen molar-refractivity contribution in [2.75, 3.05) is 0 Å². The smallest absolute Gasteiger partial charge is 0.153 e. The van der Waals surface area contributed by atoms with E-state index in [-0.39, 0.29) is 5.56 Å². The maximum Gasteiger partial charge on any atom is 0.153 e. The number of halogens is 3. The third-order valence-corrected chi connectivity index (χ3v) is 3.00. The molecule has 0 fully saturated rings. The first-order valence-electron chi connectivity index (χ1n) is 4.24. The number of nitrogens with zero attached hydrogens (tertiary/aromatic N) is 1. The number of benzene rings is 1. The maximum absolute atomic E-state index is 13.2. The van der Waals surface area contributed by atoms with Crippen LogP contribution in [-0.2, 0) is 0 Å². The van der Waals surface area contributed by atoms with E-state index >= 15 is 0 Å². The van der Waals surface area contributed by atoms with Crippen LogP contribution in [0.5, 0.6) is 0 Å². The van der Waals surface area contributed by atoms with Gasteiger partial charge >= 0.3 is 0 Å². The van der Waals surface area contributed by atoms with Crippen molar-refractivity contribution in [3.63, 3.8) is 0 Å². The molecule has 0 radical (unpaired) electrons. The third-order valence-electron chi connectivity index (χ3n) is 2.14. The lowest BCUT2D eigenvalue weighted by molar-refractivity contribution is 0.111. The van der Waals surface area contributed by atoms with Crippen molar-refractivity contribution in [3.8, 4) is 0 Å². The molecule has 0 N–H and O–H groups in total. The molecule has 0 saturated carbocycles. The first-order chi connectivity index (χ1) is 7.11. The molecule has 78 valence electrons. The molecule has 1 heterocycles. The average Bonchev–Trinajstić information content (AvgIpc) is 2.20. The largest absolute Gasteiger partial charge is 0.298 e. The van der Waals surface area contributed by atoms with E-state index in [4.69, 9.17) is 23.2 Å². The van der Waals surface area contributed by atoms with Crippen LogP contribution in [0.2, 0.25) is 0 Å². The molecular formula is C10H6Cl2FNO. The minimum atomic E-state index is -0.599. The van der Waals surface area contributed by atoms with Gasteiger partial charge in [0.15, 0.2) is 6.29 Å². The fourth-order valence-electron chi connectivity index (χ4n) is 1.39. The zero-order chi connectivity index (χ0) is 11.0. The minimum Gasteiger partial charge on any atom is -0.298 e. The maximum atomic E-state index is 13.2. The van der Waals surface area contributed by atoms with E-state index in [0.29, 0.717) is 16.9 Å². The lowest BCUT2D eigenvalue weighted by atomic mass is 10.1. The van der Waals surface area contributed by atoms with E-state index in [1.807, 2.05) is 0 Å². The first-order valence-corrected chi connectivity index (χ1v) is 5.11. The summed E-state index contributed by atoms with van der Waals surface area (Å²) >= 11 is 11.7. The van der Waals surface area contributed by atoms with Crippen LogP contribution in [0, 0.1) is 5.82 Å². The number of hydrogen-bond donors (Lipinski definition) is 0. The van der Waals surface area contributed by atoms with Gasteiger partial charge in [0.2, 0.25) is 0 Å². The van der Waals surface area contributed by atoms with Crippen molar-refractivity contribution in [3.05, 3.63) is 34.1 Å². The summed E-state index contributed by atoms with van der Waals surface area (Å²) in [6, 6.07) is 2.60. The van der Waals surface area contributed by atoms with Crippen LogP contribution >= 0.6 is 23.2 Å². The Bertz CT molecular complexity index is 529. The second-order valence-electron chi connectivity index (χ2n) is 3.16. The summed E-state index contributed by atoms with van der Waals surface area (Å²) in [6.07, 6.45) is 2.12. The number of rotatable bonds is 1. The molecule has 0 amide bonds. The van der Waals surface area contributed by atoms with Gasteiger partial charge in [0.25, 0.3) is 0 Å². The Balaban J connectivity index is 2.74. The predicted molar refractivity (Wildman–Crippen MR) is 56.3 cm³/mol. The third kappa shape index (κ3) is 1.90. The van der Waals surface area contributed by atoms with E-state index in [0.717, 1.165) is 0 Å². The van der Waals surface area contributed by atoms with E-state index in [1.165, 1.54) is 12.1 Å². The SMILES string of the molecule is O=Cc1cc2c(cc1F)=NC(Cl)C(Cl)C=2. The normalized spacial score (nSPS) is 23.7. The Kier molecular flexibility index (Phi) is 2.76. The number of carbonyl (C=O) groups is 1. The highest BCUT2D eigenvalue weighted by molar-refractivity contribution is 6.32. The van der Waals surface area contributed by atoms with Crippen molar-refractivity contribution >= 4 is 35.6 Å². The Morgan fingerprint density at radius 3 is 2.80 bits per heavy atom. The number of alkyl halides is 2. The molecule has 0 spiro atoms. The average molecular weight is 246 g/mol. The van der Waals surface area contributed by atoms with Crippen molar-refractivity contribution in [2.45, 2.75) is 10.9 Å².